The van der Waals surface area contributed by atoms with E-state index in [1.54, 1.807) is 0 Å². The lowest BCUT2D eigenvalue weighted by molar-refractivity contribution is -0.458. The average molecular weight is 588 g/mol. The van der Waals surface area contributed by atoms with Gasteiger partial charge in [-0.05, 0) is 11.1 Å². The van der Waals surface area contributed by atoms with Gasteiger partial charge < -0.3 is 5.32 Å². The number of rotatable bonds is 12. The van der Waals surface area contributed by atoms with Crippen LogP contribution in [-0.4, -0.2) is 79.5 Å². The summed E-state index contributed by atoms with van der Waals surface area (Å²) < 4.78 is 256. The van der Waals surface area contributed by atoms with Crippen LogP contribution in [0, 0.1) is 0 Å². The Morgan fingerprint density at radius 2 is 0.914 bits per heavy atom. The highest BCUT2D eigenvalue weighted by Gasteiger charge is 2.96. The van der Waals surface area contributed by atoms with E-state index in [-0.39, 0.29) is 6.54 Å². The van der Waals surface area contributed by atoms with E-state index in [0.29, 0.717) is 0 Å². The maximum Gasteiger partial charge on any atom is 0.460 e. The van der Waals surface area contributed by atoms with Gasteiger partial charge in [0, 0.05) is 6.54 Å². The number of nitrogens with one attached hydrogen (secondary N) is 1. The maximum absolute atomic E-state index is 13.7. The lowest BCUT2D eigenvalue weighted by atomic mass is 9.91. The van der Waals surface area contributed by atoms with E-state index in [1.807, 2.05) is 5.32 Å². The molecule has 0 aromatic carbocycles. The minimum atomic E-state index is -8.95. The van der Waals surface area contributed by atoms with Crippen molar-refractivity contribution in [1.29, 1.82) is 0 Å². The number of hydrogen-bond acceptors (Lipinski definition) is 3. The SMILES string of the molecule is CCNCCN(F)S(=O)(=O)C(F)(F)C(F)(F)C(F)(F)C(F)(F)C(F)(F)C(F)(F)C(F)(F)C(F)(F)F. The molecule has 0 amide bonds. The molecule has 1 N–H and O–H groups in total. The van der Waals surface area contributed by atoms with Gasteiger partial charge in [0.2, 0.25) is 0 Å². The summed E-state index contributed by atoms with van der Waals surface area (Å²) in [5.74, 6) is -52.3. The first-order valence-electron chi connectivity index (χ1n) is 8.08. The molecule has 0 aliphatic rings. The van der Waals surface area contributed by atoms with E-state index in [4.69, 9.17) is 0 Å². The summed E-state index contributed by atoms with van der Waals surface area (Å²) in [6.07, 6.45) is -7.91. The van der Waals surface area contributed by atoms with Gasteiger partial charge in [-0.15, -0.1) is 4.48 Å². The zero-order valence-corrected chi connectivity index (χ0v) is 16.9. The van der Waals surface area contributed by atoms with Gasteiger partial charge in [-0.1, -0.05) is 6.92 Å². The van der Waals surface area contributed by atoms with Crippen LogP contribution in [0.25, 0.3) is 0 Å². The minimum Gasteiger partial charge on any atom is -0.316 e. The van der Waals surface area contributed by atoms with Crippen LogP contribution in [0.5, 0.6) is 0 Å². The molecule has 0 saturated carbocycles. The van der Waals surface area contributed by atoms with Crippen molar-refractivity contribution in [2.75, 3.05) is 19.6 Å². The zero-order valence-electron chi connectivity index (χ0n) is 16.1. The molecule has 23 heteroatoms. The Bertz CT molecular complexity index is 852. The van der Waals surface area contributed by atoms with E-state index >= 15 is 0 Å². The Morgan fingerprint density at radius 3 is 1.23 bits per heavy atom. The molecule has 0 heterocycles. The molecular formula is C12H10F18N2O2S. The molecule has 0 bridgehead atoms. The first kappa shape index (κ1) is 33.6. The summed E-state index contributed by atoms with van der Waals surface area (Å²) >= 11 is 0. The monoisotopic (exact) mass is 588 g/mol. The lowest BCUT2D eigenvalue weighted by Gasteiger charge is -2.42. The van der Waals surface area contributed by atoms with Crippen molar-refractivity contribution >= 4 is 10.0 Å². The lowest BCUT2D eigenvalue weighted by Crippen LogP contribution is -2.75. The van der Waals surface area contributed by atoms with Crippen molar-refractivity contribution in [3.63, 3.8) is 0 Å². The zero-order chi connectivity index (χ0) is 28.9. The number of nitrogens with zero attached hydrogens (tertiary/aromatic N) is 1. The summed E-state index contributed by atoms with van der Waals surface area (Å²) in [6, 6.07) is 0. The summed E-state index contributed by atoms with van der Waals surface area (Å²) in [4.78, 5) is 0. The van der Waals surface area contributed by atoms with E-state index in [2.05, 4.69) is 0 Å². The van der Waals surface area contributed by atoms with Gasteiger partial charge in [-0.3, -0.25) is 0 Å². The first-order chi connectivity index (χ1) is 15.0. The molecule has 0 radical (unpaired) electrons. The average Bonchev–Trinajstić information content (AvgIpc) is 2.65. The number of likely N-dealkylation sites (N-methyl/N-ethyl adjacent to an activating group) is 1. The van der Waals surface area contributed by atoms with Gasteiger partial charge in [-0.2, -0.15) is 74.6 Å². The molecule has 0 aromatic heterocycles. The summed E-state index contributed by atoms with van der Waals surface area (Å²) in [5.41, 5.74) is 0. The molecule has 0 aliphatic carbocycles. The van der Waals surface area contributed by atoms with Crippen molar-refractivity contribution in [3.8, 4) is 0 Å². The standard InChI is InChI=1S/C12H10F18N2O2S/c1-2-31-3-4-32(30)35(33,34)12(28,29)10(23,24)8(19,20)6(15,16)5(13,14)7(17,18)9(21,22)11(25,26)27/h31H,2-4H2,1H3. The van der Waals surface area contributed by atoms with Gasteiger partial charge in [0.1, 0.15) is 0 Å². The molecule has 0 rings (SSSR count). The van der Waals surface area contributed by atoms with Crippen molar-refractivity contribution < 1.29 is 87.5 Å². The van der Waals surface area contributed by atoms with Crippen LogP contribution in [0.4, 0.5) is 79.1 Å². The number of halogens is 18. The number of sulfonamides is 1. The smallest absolute Gasteiger partial charge is 0.316 e. The quantitative estimate of drug-likeness (QED) is 0.197. The third-order valence-corrected chi connectivity index (χ3v) is 5.60. The van der Waals surface area contributed by atoms with Gasteiger partial charge in [0.15, 0.2) is 0 Å². The van der Waals surface area contributed by atoms with Crippen molar-refractivity contribution in [1.82, 2.24) is 9.84 Å². The highest BCUT2D eigenvalue weighted by molar-refractivity contribution is 7.90. The second kappa shape index (κ2) is 9.17. The summed E-state index contributed by atoms with van der Waals surface area (Å²) in [6.45, 7) is -1.95. The van der Waals surface area contributed by atoms with Crippen molar-refractivity contribution in [2.45, 2.75) is 53.9 Å². The maximum atomic E-state index is 13.7. The Kier molecular flexibility index (Phi) is 8.81. The molecule has 0 aliphatic heterocycles. The second-order valence-electron chi connectivity index (χ2n) is 6.33. The highest BCUT2D eigenvalue weighted by atomic mass is 32.2. The van der Waals surface area contributed by atoms with Gasteiger partial charge in [0.05, 0.1) is 6.54 Å². The van der Waals surface area contributed by atoms with Gasteiger partial charge in [0.25, 0.3) is 0 Å². The fourth-order valence-electron chi connectivity index (χ4n) is 1.90. The van der Waals surface area contributed by atoms with E-state index in [9.17, 15) is 87.5 Å². The predicted octanol–water partition coefficient (Wildman–Crippen LogP) is 5.08. The summed E-state index contributed by atoms with van der Waals surface area (Å²) in [5, 5.41) is -5.93. The topological polar surface area (TPSA) is 49.4 Å². The van der Waals surface area contributed by atoms with Crippen LogP contribution in [0.3, 0.4) is 0 Å². The molecule has 0 atom stereocenters. The van der Waals surface area contributed by atoms with E-state index < -0.39 is 74.6 Å². The normalized spacial score (nSPS) is 16.2. The molecule has 0 spiro atoms. The van der Waals surface area contributed by atoms with E-state index in [0.717, 1.165) is 0 Å². The molecule has 0 saturated heterocycles. The van der Waals surface area contributed by atoms with Crippen LogP contribution < -0.4 is 5.32 Å². The third-order valence-electron chi connectivity index (χ3n) is 3.99. The summed E-state index contributed by atoms with van der Waals surface area (Å²) in [7, 11) is -7.88. The molecule has 0 unspecified atom stereocenters. The molecule has 0 aromatic rings. The van der Waals surface area contributed by atoms with Crippen LogP contribution in [0.1, 0.15) is 6.92 Å². The number of hydrogen-bond donors (Lipinski definition) is 1. The molecule has 0 fully saturated rings. The fourth-order valence-corrected chi connectivity index (χ4v) is 2.93. The minimum absolute atomic E-state index is 0.184. The van der Waals surface area contributed by atoms with Crippen molar-refractivity contribution in [2.24, 2.45) is 0 Å². The number of alkyl halides is 17. The predicted molar refractivity (Wildman–Crippen MR) is 76.0 cm³/mol. The van der Waals surface area contributed by atoms with Crippen LogP contribution in [0.15, 0.2) is 0 Å². The third kappa shape index (κ3) is 4.59. The molecule has 212 valence electrons. The van der Waals surface area contributed by atoms with Gasteiger partial charge >= 0.3 is 57.0 Å². The molecular weight excluding hydrogens is 578 g/mol. The van der Waals surface area contributed by atoms with Crippen LogP contribution >= 0.6 is 0 Å². The highest BCUT2D eigenvalue weighted by Crippen LogP contribution is 2.64. The molecule has 35 heavy (non-hydrogen) atoms. The van der Waals surface area contributed by atoms with E-state index in [1.165, 1.54) is 6.92 Å². The second-order valence-corrected chi connectivity index (χ2v) is 8.19. The Morgan fingerprint density at radius 1 is 0.600 bits per heavy atom. The first-order valence-corrected chi connectivity index (χ1v) is 9.52. The Hall–Kier alpha value is -1.39. The largest absolute Gasteiger partial charge is 0.460 e. The Balaban J connectivity index is 6.80. The van der Waals surface area contributed by atoms with Crippen molar-refractivity contribution in [3.05, 3.63) is 0 Å². The van der Waals surface area contributed by atoms with Crippen LogP contribution in [-0.2, 0) is 10.0 Å². The Labute approximate surface area is 182 Å². The van der Waals surface area contributed by atoms with Crippen LogP contribution in [0.2, 0.25) is 0 Å². The molecule has 4 nitrogen and oxygen atoms in total. The fraction of sp³-hybridized carbons (Fsp3) is 1.00. The van der Waals surface area contributed by atoms with Gasteiger partial charge in [-0.25, -0.2) is 8.42 Å².